The molecule has 0 heterocycles. The van der Waals surface area contributed by atoms with E-state index in [-0.39, 0.29) is 12.2 Å². The highest BCUT2D eigenvalue weighted by Gasteiger charge is 2.36. The first kappa shape index (κ1) is 14.9. The average Bonchev–Trinajstić information content (AvgIpc) is 2.40. The lowest BCUT2D eigenvalue weighted by Crippen LogP contribution is -2.38. The highest BCUT2D eigenvalue weighted by Crippen LogP contribution is 2.33. The van der Waals surface area contributed by atoms with Gasteiger partial charge in [-0.1, -0.05) is 42.5 Å². The van der Waals surface area contributed by atoms with Crippen molar-refractivity contribution >= 4 is 11.7 Å². The van der Waals surface area contributed by atoms with Crippen LogP contribution in [0.1, 0.15) is 29.6 Å². The highest BCUT2D eigenvalue weighted by molar-refractivity contribution is 5.99. The summed E-state index contributed by atoms with van der Waals surface area (Å²) in [6, 6.07) is 8.89. The van der Waals surface area contributed by atoms with E-state index in [9.17, 15) is 9.59 Å². The Bertz CT molecular complexity index is 467. The Balaban J connectivity index is 3.00. The second-order valence-corrected chi connectivity index (χ2v) is 4.60. The SMILES string of the molecule is C=CCC(CC=C)(CC(=O)c1ccccc1)C(N)=O. The molecule has 0 aromatic heterocycles. The van der Waals surface area contributed by atoms with Gasteiger partial charge in [0.2, 0.25) is 5.91 Å². The molecule has 3 nitrogen and oxygen atoms in total. The number of carbonyl (C=O) groups excluding carboxylic acids is 2. The van der Waals surface area contributed by atoms with Crippen LogP contribution in [0, 0.1) is 5.41 Å². The number of benzene rings is 1. The lowest BCUT2D eigenvalue weighted by atomic mass is 9.75. The maximum absolute atomic E-state index is 12.2. The van der Waals surface area contributed by atoms with E-state index in [0.717, 1.165) is 0 Å². The standard InChI is InChI=1S/C16H19NO2/c1-3-10-16(11-4-2,15(17)19)12-14(18)13-8-6-5-7-9-13/h3-9H,1-2,10-12H2,(H2,17,19). The molecule has 0 bridgehead atoms. The van der Waals surface area contributed by atoms with Crippen molar-refractivity contribution in [2.24, 2.45) is 11.1 Å². The summed E-state index contributed by atoms with van der Waals surface area (Å²) in [6.45, 7) is 7.27. The molecule has 0 aliphatic carbocycles. The molecule has 0 unspecified atom stereocenters. The number of ketones is 1. The zero-order chi connectivity index (χ0) is 14.3. The van der Waals surface area contributed by atoms with Crippen LogP contribution in [-0.2, 0) is 4.79 Å². The van der Waals surface area contributed by atoms with Gasteiger partial charge in [-0.2, -0.15) is 0 Å². The van der Waals surface area contributed by atoms with Gasteiger partial charge in [-0.05, 0) is 12.8 Å². The van der Waals surface area contributed by atoms with Gasteiger partial charge >= 0.3 is 0 Å². The van der Waals surface area contributed by atoms with E-state index in [2.05, 4.69) is 13.2 Å². The first-order chi connectivity index (χ1) is 9.05. The highest BCUT2D eigenvalue weighted by atomic mass is 16.1. The minimum atomic E-state index is -0.920. The van der Waals surface area contributed by atoms with Crippen LogP contribution >= 0.6 is 0 Å². The fourth-order valence-corrected chi connectivity index (χ4v) is 2.10. The summed E-state index contributed by atoms with van der Waals surface area (Å²) in [5.74, 6) is -0.584. The van der Waals surface area contributed by atoms with Crippen molar-refractivity contribution in [1.82, 2.24) is 0 Å². The molecule has 2 N–H and O–H groups in total. The fraction of sp³-hybridized carbons (Fsp3) is 0.250. The molecule has 0 radical (unpaired) electrons. The molecule has 1 aromatic rings. The Hall–Kier alpha value is -2.16. The Morgan fingerprint density at radius 2 is 1.63 bits per heavy atom. The van der Waals surface area contributed by atoms with Gasteiger partial charge in [-0.25, -0.2) is 0 Å². The number of hydrogen-bond donors (Lipinski definition) is 1. The lowest BCUT2D eigenvalue weighted by molar-refractivity contribution is -0.127. The van der Waals surface area contributed by atoms with E-state index in [1.165, 1.54) is 0 Å². The third-order valence-corrected chi connectivity index (χ3v) is 3.19. The summed E-state index contributed by atoms with van der Waals surface area (Å²) in [6.07, 6.45) is 4.04. The molecule has 19 heavy (non-hydrogen) atoms. The second-order valence-electron chi connectivity index (χ2n) is 4.60. The maximum atomic E-state index is 12.2. The Morgan fingerprint density at radius 1 is 1.11 bits per heavy atom. The van der Waals surface area contributed by atoms with Crippen LogP contribution in [0.5, 0.6) is 0 Å². The Morgan fingerprint density at radius 3 is 2.05 bits per heavy atom. The van der Waals surface area contributed by atoms with Crippen LogP contribution in [0.4, 0.5) is 0 Å². The summed E-state index contributed by atoms with van der Waals surface area (Å²) >= 11 is 0. The largest absolute Gasteiger partial charge is 0.369 e. The molecular formula is C16H19NO2. The number of nitrogens with two attached hydrogens (primary N) is 1. The number of hydrogen-bond acceptors (Lipinski definition) is 2. The minimum Gasteiger partial charge on any atom is -0.369 e. The summed E-state index contributed by atoms with van der Waals surface area (Å²) in [5.41, 5.74) is 5.15. The fourth-order valence-electron chi connectivity index (χ4n) is 2.10. The van der Waals surface area contributed by atoms with Crippen LogP contribution in [0.25, 0.3) is 0 Å². The molecule has 1 amide bonds. The number of amides is 1. The van der Waals surface area contributed by atoms with Gasteiger partial charge in [-0.15, -0.1) is 13.2 Å². The molecular weight excluding hydrogens is 238 g/mol. The van der Waals surface area contributed by atoms with Crippen LogP contribution in [0.3, 0.4) is 0 Å². The zero-order valence-electron chi connectivity index (χ0n) is 11.0. The van der Waals surface area contributed by atoms with Gasteiger partial charge in [-0.3, -0.25) is 9.59 Å². The van der Waals surface area contributed by atoms with E-state index in [4.69, 9.17) is 5.73 Å². The molecule has 0 spiro atoms. The molecule has 3 heteroatoms. The van der Waals surface area contributed by atoms with E-state index in [1.54, 1.807) is 36.4 Å². The van der Waals surface area contributed by atoms with E-state index in [1.807, 2.05) is 6.07 Å². The molecule has 0 saturated heterocycles. The van der Waals surface area contributed by atoms with Gasteiger partial charge in [0.05, 0.1) is 5.41 Å². The molecule has 0 saturated carbocycles. The number of rotatable bonds is 8. The second kappa shape index (κ2) is 6.69. The molecule has 0 atom stereocenters. The molecule has 1 aromatic carbocycles. The molecule has 0 fully saturated rings. The van der Waals surface area contributed by atoms with Gasteiger partial charge in [0.1, 0.15) is 0 Å². The van der Waals surface area contributed by atoms with Crippen molar-refractivity contribution in [3.8, 4) is 0 Å². The molecule has 0 aliphatic heterocycles. The molecule has 1 rings (SSSR count). The van der Waals surface area contributed by atoms with Crippen LogP contribution < -0.4 is 5.73 Å². The van der Waals surface area contributed by atoms with Gasteiger partial charge in [0, 0.05) is 12.0 Å². The predicted octanol–water partition coefficient (Wildman–Crippen LogP) is 2.88. The quantitative estimate of drug-likeness (QED) is 0.575. The number of primary amides is 1. The third kappa shape index (κ3) is 3.65. The number of Topliss-reactive ketones (excluding diaryl/α,β-unsaturated/α-hetero) is 1. The summed E-state index contributed by atoms with van der Waals surface area (Å²) in [7, 11) is 0. The Labute approximate surface area is 113 Å². The van der Waals surface area contributed by atoms with Gasteiger partial charge < -0.3 is 5.73 Å². The van der Waals surface area contributed by atoms with Crippen LogP contribution in [-0.4, -0.2) is 11.7 Å². The third-order valence-electron chi connectivity index (χ3n) is 3.19. The van der Waals surface area contributed by atoms with E-state index >= 15 is 0 Å². The van der Waals surface area contributed by atoms with Crippen molar-refractivity contribution < 1.29 is 9.59 Å². The van der Waals surface area contributed by atoms with E-state index in [0.29, 0.717) is 18.4 Å². The molecule has 0 aliphatic rings. The topological polar surface area (TPSA) is 60.2 Å². The number of allylic oxidation sites excluding steroid dienone is 2. The van der Waals surface area contributed by atoms with Crippen LogP contribution in [0.2, 0.25) is 0 Å². The van der Waals surface area contributed by atoms with Gasteiger partial charge in [0.25, 0.3) is 0 Å². The van der Waals surface area contributed by atoms with Crippen molar-refractivity contribution in [1.29, 1.82) is 0 Å². The monoisotopic (exact) mass is 257 g/mol. The van der Waals surface area contributed by atoms with Gasteiger partial charge in [0.15, 0.2) is 5.78 Å². The first-order valence-electron chi connectivity index (χ1n) is 6.15. The Kier molecular flexibility index (Phi) is 5.24. The summed E-state index contributed by atoms with van der Waals surface area (Å²) < 4.78 is 0. The van der Waals surface area contributed by atoms with E-state index < -0.39 is 11.3 Å². The summed E-state index contributed by atoms with van der Waals surface area (Å²) in [5, 5.41) is 0. The average molecular weight is 257 g/mol. The minimum absolute atomic E-state index is 0.0738. The van der Waals surface area contributed by atoms with Crippen molar-refractivity contribution in [3.63, 3.8) is 0 Å². The first-order valence-corrected chi connectivity index (χ1v) is 6.15. The number of carbonyl (C=O) groups is 2. The zero-order valence-corrected chi connectivity index (χ0v) is 11.0. The molecule has 100 valence electrons. The lowest BCUT2D eigenvalue weighted by Gasteiger charge is -2.27. The van der Waals surface area contributed by atoms with Crippen molar-refractivity contribution in [3.05, 3.63) is 61.2 Å². The summed E-state index contributed by atoms with van der Waals surface area (Å²) in [4.78, 5) is 24.0. The smallest absolute Gasteiger partial charge is 0.224 e. The van der Waals surface area contributed by atoms with Crippen molar-refractivity contribution in [2.45, 2.75) is 19.3 Å². The van der Waals surface area contributed by atoms with Crippen LogP contribution in [0.15, 0.2) is 55.6 Å². The normalized spacial score (nSPS) is 10.7. The predicted molar refractivity (Wildman–Crippen MR) is 76.6 cm³/mol. The maximum Gasteiger partial charge on any atom is 0.224 e. The van der Waals surface area contributed by atoms with Crippen molar-refractivity contribution in [2.75, 3.05) is 0 Å².